The van der Waals surface area contributed by atoms with Crippen LogP contribution in [-0.4, -0.2) is 51.2 Å². The minimum Gasteiger partial charge on any atom is -0.372 e. The number of piperazine rings is 1. The average Bonchev–Trinajstić information content (AvgIpc) is 2.37. The first-order chi connectivity index (χ1) is 8.66. The van der Waals surface area contributed by atoms with Gasteiger partial charge in [0.1, 0.15) is 0 Å². The van der Waals surface area contributed by atoms with E-state index in [1.165, 1.54) is 28.8 Å². The fraction of sp³-hybridized carbons (Fsp3) is 0.571. The van der Waals surface area contributed by atoms with E-state index in [-0.39, 0.29) is 0 Å². The van der Waals surface area contributed by atoms with Crippen LogP contribution in [0.5, 0.6) is 0 Å². The fourth-order valence-corrected chi connectivity index (χ4v) is 3.06. The first-order valence-electron chi connectivity index (χ1n) is 6.57. The van der Waals surface area contributed by atoms with Crippen molar-refractivity contribution in [1.82, 2.24) is 10.2 Å². The Labute approximate surface area is 118 Å². The Kier molecular flexibility index (Phi) is 5.03. The molecule has 0 unspecified atom stereocenters. The van der Waals surface area contributed by atoms with Gasteiger partial charge in [0.2, 0.25) is 0 Å². The molecular formula is C14H22BrN3. The minimum atomic E-state index is 1.07. The van der Waals surface area contributed by atoms with E-state index in [4.69, 9.17) is 0 Å². The van der Waals surface area contributed by atoms with Crippen LogP contribution in [-0.2, 0) is 0 Å². The van der Waals surface area contributed by atoms with Gasteiger partial charge in [-0.05, 0) is 40.5 Å². The maximum absolute atomic E-state index is 3.65. The molecule has 0 bridgehead atoms. The predicted octanol–water partition coefficient (Wildman–Crippen LogP) is 2.10. The largest absolute Gasteiger partial charge is 0.372 e. The number of benzene rings is 1. The molecule has 1 fully saturated rings. The highest BCUT2D eigenvalue weighted by Gasteiger charge is 2.11. The van der Waals surface area contributed by atoms with Crippen LogP contribution in [0.25, 0.3) is 0 Å². The molecule has 18 heavy (non-hydrogen) atoms. The zero-order valence-electron chi connectivity index (χ0n) is 11.2. The van der Waals surface area contributed by atoms with Gasteiger partial charge in [-0.25, -0.2) is 0 Å². The summed E-state index contributed by atoms with van der Waals surface area (Å²) in [4.78, 5) is 4.85. The number of likely N-dealkylation sites (N-methyl/N-ethyl adjacent to an activating group) is 1. The lowest BCUT2D eigenvalue weighted by molar-refractivity contribution is 0.246. The van der Waals surface area contributed by atoms with E-state index >= 15 is 0 Å². The third-order valence-corrected chi connectivity index (χ3v) is 4.11. The SMILES string of the molecule is Cc1ccc(N(C)CCN2CCNCC2)c(Br)c1. The van der Waals surface area contributed by atoms with Crippen molar-refractivity contribution in [2.24, 2.45) is 0 Å². The molecule has 2 rings (SSSR count). The summed E-state index contributed by atoms with van der Waals surface area (Å²) < 4.78 is 1.19. The zero-order chi connectivity index (χ0) is 13.0. The van der Waals surface area contributed by atoms with Gasteiger partial charge >= 0.3 is 0 Å². The van der Waals surface area contributed by atoms with Crippen LogP contribution in [0.3, 0.4) is 0 Å². The standard InChI is InChI=1S/C14H22BrN3/c1-12-3-4-14(13(15)11-12)17(2)9-10-18-7-5-16-6-8-18/h3-4,11,16H,5-10H2,1-2H3. The lowest BCUT2D eigenvalue weighted by Gasteiger charge is -2.30. The monoisotopic (exact) mass is 311 g/mol. The molecule has 3 nitrogen and oxygen atoms in total. The van der Waals surface area contributed by atoms with Gasteiger partial charge in [0.05, 0.1) is 5.69 Å². The number of anilines is 1. The summed E-state index contributed by atoms with van der Waals surface area (Å²) in [5.41, 5.74) is 2.57. The molecule has 0 atom stereocenters. The summed E-state index contributed by atoms with van der Waals surface area (Å²) in [6.07, 6.45) is 0. The Morgan fingerprint density at radius 3 is 2.72 bits per heavy atom. The summed E-state index contributed by atoms with van der Waals surface area (Å²) in [6, 6.07) is 6.54. The molecule has 0 saturated carbocycles. The smallest absolute Gasteiger partial charge is 0.0508 e. The highest BCUT2D eigenvalue weighted by atomic mass is 79.9. The van der Waals surface area contributed by atoms with Crippen LogP contribution in [0.1, 0.15) is 5.56 Å². The van der Waals surface area contributed by atoms with Gasteiger partial charge in [-0.2, -0.15) is 0 Å². The van der Waals surface area contributed by atoms with Gasteiger partial charge < -0.3 is 10.2 Å². The summed E-state index contributed by atoms with van der Waals surface area (Å²) in [5.74, 6) is 0. The third-order valence-electron chi connectivity index (χ3n) is 3.48. The maximum Gasteiger partial charge on any atom is 0.0508 e. The van der Waals surface area contributed by atoms with Crippen molar-refractivity contribution in [2.75, 3.05) is 51.2 Å². The van der Waals surface area contributed by atoms with E-state index in [2.05, 4.69) is 63.2 Å². The second-order valence-electron chi connectivity index (χ2n) is 4.97. The van der Waals surface area contributed by atoms with Gasteiger partial charge in [-0.3, -0.25) is 4.90 Å². The number of hydrogen-bond acceptors (Lipinski definition) is 3. The third kappa shape index (κ3) is 3.70. The van der Waals surface area contributed by atoms with Crippen LogP contribution in [0.15, 0.2) is 22.7 Å². The molecule has 1 aromatic carbocycles. The number of nitrogens with zero attached hydrogens (tertiary/aromatic N) is 2. The highest BCUT2D eigenvalue weighted by Crippen LogP contribution is 2.26. The quantitative estimate of drug-likeness (QED) is 0.918. The molecule has 1 aromatic rings. The fourth-order valence-electron chi connectivity index (χ4n) is 2.27. The van der Waals surface area contributed by atoms with Gasteiger partial charge in [-0.1, -0.05) is 6.07 Å². The Bertz CT molecular complexity index is 389. The van der Waals surface area contributed by atoms with Crippen molar-refractivity contribution in [3.05, 3.63) is 28.2 Å². The number of nitrogens with one attached hydrogen (secondary N) is 1. The van der Waals surface area contributed by atoms with E-state index in [9.17, 15) is 0 Å². The summed E-state index contributed by atoms with van der Waals surface area (Å²) >= 11 is 3.65. The summed E-state index contributed by atoms with van der Waals surface area (Å²) in [5, 5.41) is 3.39. The molecule has 0 aliphatic carbocycles. The van der Waals surface area contributed by atoms with Gasteiger partial charge in [0.25, 0.3) is 0 Å². The van der Waals surface area contributed by atoms with Crippen molar-refractivity contribution >= 4 is 21.6 Å². The maximum atomic E-state index is 3.65. The first-order valence-corrected chi connectivity index (χ1v) is 7.36. The molecule has 100 valence electrons. The molecule has 4 heteroatoms. The van der Waals surface area contributed by atoms with Crippen molar-refractivity contribution < 1.29 is 0 Å². The summed E-state index contributed by atoms with van der Waals surface area (Å²) in [7, 11) is 2.16. The second-order valence-corrected chi connectivity index (χ2v) is 5.82. The molecule has 1 saturated heterocycles. The second kappa shape index (κ2) is 6.55. The van der Waals surface area contributed by atoms with E-state index < -0.39 is 0 Å². The molecule has 0 amide bonds. The van der Waals surface area contributed by atoms with Crippen LogP contribution in [0.2, 0.25) is 0 Å². The topological polar surface area (TPSA) is 18.5 Å². The van der Waals surface area contributed by atoms with Crippen molar-refractivity contribution in [3.8, 4) is 0 Å². The molecule has 1 N–H and O–H groups in total. The Hall–Kier alpha value is -0.580. The van der Waals surface area contributed by atoms with Crippen LogP contribution in [0, 0.1) is 6.92 Å². The van der Waals surface area contributed by atoms with E-state index in [0.29, 0.717) is 0 Å². The lowest BCUT2D eigenvalue weighted by atomic mass is 10.2. The van der Waals surface area contributed by atoms with Crippen molar-refractivity contribution in [2.45, 2.75) is 6.92 Å². The molecule has 0 spiro atoms. The number of hydrogen-bond donors (Lipinski definition) is 1. The number of aryl methyl sites for hydroxylation is 1. The van der Waals surface area contributed by atoms with Crippen LogP contribution >= 0.6 is 15.9 Å². The Morgan fingerprint density at radius 1 is 1.33 bits per heavy atom. The van der Waals surface area contributed by atoms with Crippen LogP contribution in [0.4, 0.5) is 5.69 Å². The molecular weight excluding hydrogens is 290 g/mol. The normalized spacial score (nSPS) is 16.8. The number of rotatable bonds is 4. The van der Waals surface area contributed by atoms with Crippen molar-refractivity contribution in [1.29, 1.82) is 0 Å². The molecule has 0 aromatic heterocycles. The van der Waals surface area contributed by atoms with Gasteiger partial charge in [0, 0.05) is 50.8 Å². The van der Waals surface area contributed by atoms with E-state index in [1.54, 1.807) is 0 Å². The Morgan fingerprint density at radius 2 is 2.06 bits per heavy atom. The first kappa shape index (κ1) is 13.8. The molecule has 1 aliphatic rings. The van der Waals surface area contributed by atoms with E-state index in [1.807, 2.05) is 0 Å². The highest BCUT2D eigenvalue weighted by molar-refractivity contribution is 9.10. The lowest BCUT2D eigenvalue weighted by Crippen LogP contribution is -2.46. The Balaban J connectivity index is 1.88. The molecule has 1 heterocycles. The number of halogens is 1. The molecule has 1 aliphatic heterocycles. The van der Waals surface area contributed by atoms with Gasteiger partial charge in [0.15, 0.2) is 0 Å². The predicted molar refractivity (Wildman–Crippen MR) is 81.5 cm³/mol. The average molecular weight is 312 g/mol. The van der Waals surface area contributed by atoms with E-state index in [0.717, 1.165) is 26.2 Å². The summed E-state index contributed by atoms with van der Waals surface area (Å²) in [6.45, 7) is 8.91. The van der Waals surface area contributed by atoms with Crippen LogP contribution < -0.4 is 10.2 Å². The zero-order valence-corrected chi connectivity index (χ0v) is 12.8. The van der Waals surface area contributed by atoms with Gasteiger partial charge in [-0.15, -0.1) is 0 Å². The minimum absolute atomic E-state index is 1.07. The molecule has 0 radical (unpaired) electrons. The van der Waals surface area contributed by atoms with Crippen molar-refractivity contribution in [3.63, 3.8) is 0 Å².